The van der Waals surface area contributed by atoms with E-state index in [9.17, 15) is 44.3 Å². The minimum absolute atomic E-state index is 0.0266. The van der Waals surface area contributed by atoms with Crippen molar-refractivity contribution < 1.29 is 49.1 Å². The lowest BCUT2D eigenvalue weighted by Crippen LogP contribution is -2.40. The number of nitrogens with one attached hydrogen (secondary N) is 2. The number of aromatic nitrogens is 3. The Hall–Kier alpha value is -4.17. The quantitative estimate of drug-likeness (QED) is 0.157. The maximum Gasteiger partial charge on any atom is 0.416 e. The molecule has 50 heavy (non-hydrogen) atoms. The molecule has 5 rings (SSSR count). The molecule has 2 N–H and O–H groups in total. The fourth-order valence-corrected chi connectivity index (χ4v) is 7.02. The van der Waals surface area contributed by atoms with Gasteiger partial charge in [0.25, 0.3) is 5.91 Å². The number of rotatable bonds is 10. The summed E-state index contributed by atoms with van der Waals surface area (Å²) in [6.07, 6.45) is -9.41. The zero-order valence-electron chi connectivity index (χ0n) is 25.4. The molecule has 11 nitrogen and oxygen atoms in total. The van der Waals surface area contributed by atoms with Crippen LogP contribution >= 0.6 is 23.4 Å². The maximum absolute atomic E-state index is 13.6. The predicted molar refractivity (Wildman–Crippen MR) is 169 cm³/mol. The molecule has 4 aromatic rings. The summed E-state index contributed by atoms with van der Waals surface area (Å²) < 4.78 is 114. The monoisotopic (exact) mass is 762 g/mol. The first-order valence-electron chi connectivity index (χ1n) is 14.4. The average molecular weight is 763 g/mol. The highest BCUT2D eigenvalue weighted by molar-refractivity contribution is 7.99. The highest BCUT2D eigenvalue weighted by Gasteiger charge is 2.32. The minimum atomic E-state index is -4.71. The molecule has 3 aromatic carbocycles. The van der Waals surface area contributed by atoms with Crippen molar-refractivity contribution in [3.05, 3.63) is 94.3 Å². The predicted octanol–water partition coefficient (Wildman–Crippen LogP) is 5.64. The van der Waals surface area contributed by atoms with Crippen LogP contribution in [-0.4, -0.2) is 71.4 Å². The van der Waals surface area contributed by atoms with Gasteiger partial charge < -0.3 is 15.4 Å². The van der Waals surface area contributed by atoms with Crippen LogP contribution in [0.5, 0.6) is 0 Å². The highest BCUT2D eigenvalue weighted by atomic mass is 35.5. The molecular formula is C30H25ClF6N6O5S2. The number of benzene rings is 3. The lowest BCUT2D eigenvalue weighted by Gasteiger charge is -2.26. The summed E-state index contributed by atoms with van der Waals surface area (Å²) in [5.74, 6) is -1.96. The molecule has 20 heteroatoms. The third-order valence-electron chi connectivity index (χ3n) is 7.16. The normalized spacial score (nSPS) is 14.4. The minimum Gasteiger partial charge on any atom is -0.379 e. The zero-order chi connectivity index (χ0) is 36.3. The van der Waals surface area contributed by atoms with Gasteiger partial charge in [-0.3, -0.25) is 14.2 Å². The molecule has 1 aromatic heterocycles. The molecule has 0 radical (unpaired) electrons. The summed E-state index contributed by atoms with van der Waals surface area (Å²) >= 11 is 6.67. The van der Waals surface area contributed by atoms with E-state index in [4.69, 9.17) is 16.3 Å². The van der Waals surface area contributed by atoms with Crippen LogP contribution in [0.25, 0.3) is 5.69 Å². The average Bonchev–Trinajstić information content (AvgIpc) is 3.49. The molecule has 0 saturated carbocycles. The van der Waals surface area contributed by atoms with Gasteiger partial charge in [0, 0.05) is 18.7 Å². The van der Waals surface area contributed by atoms with Crippen molar-refractivity contribution >= 4 is 50.9 Å². The van der Waals surface area contributed by atoms with Gasteiger partial charge in [-0.15, -0.1) is 10.2 Å². The Balaban J connectivity index is 1.33. The van der Waals surface area contributed by atoms with Crippen LogP contribution in [0.2, 0.25) is 5.02 Å². The highest BCUT2D eigenvalue weighted by Crippen LogP contribution is 2.35. The first-order chi connectivity index (χ1) is 23.5. The zero-order valence-corrected chi connectivity index (χ0v) is 27.8. The number of anilines is 1. The topological polar surface area (TPSA) is 136 Å². The number of thioether (sulfide) groups is 1. The van der Waals surface area contributed by atoms with Gasteiger partial charge in [0.05, 0.1) is 57.9 Å². The second-order valence-corrected chi connectivity index (χ2v) is 13.8. The lowest BCUT2D eigenvalue weighted by atomic mass is 10.2. The summed E-state index contributed by atoms with van der Waals surface area (Å²) in [7, 11) is -3.81. The molecule has 266 valence electrons. The molecule has 2 heterocycles. The van der Waals surface area contributed by atoms with Crippen molar-refractivity contribution in [3.8, 4) is 5.69 Å². The molecule has 0 spiro atoms. The fourth-order valence-electron chi connectivity index (χ4n) is 4.68. The van der Waals surface area contributed by atoms with E-state index in [1.807, 2.05) is 0 Å². The number of alkyl halides is 6. The van der Waals surface area contributed by atoms with Crippen molar-refractivity contribution in [2.24, 2.45) is 0 Å². The van der Waals surface area contributed by atoms with Gasteiger partial charge in [-0.1, -0.05) is 29.4 Å². The number of halogens is 7. The van der Waals surface area contributed by atoms with Gasteiger partial charge in [0.15, 0.2) is 11.0 Å². The van der Waals surface area contributed by atoms with Crippen molar-refractivity contribution in [2.75, 3.05) is 37.4 Å². The number of sulfonamides is 1. The standard InChI is InChI=1S/C30H25ClF6N6O5S2/c31-23-9-6-20(30(35,36)37)15-24(23)39-26(44)17-49-28-41-40-25(43(28)21-3-1-2-19(14-21)29(32,33)34)16-38-27(45)18-4-7-22(8-5-18)50(46,47)42-10-12-48-13-11-42/h1-9,14-15H,10-13,16-17H2,(H,38,45)(H,39,44). The number of hydrogen-bond acceptors (Lipinski definition) is 8. The van der Waals surface area contributed by atoms with E-state index < -0.39 is 51.1 Å². The number of hydrogen-bond donors (Lipinski definition) is 2. The summed E-state index contributed by atoms with van der Waals surface area (Å²) in [4.78, 5) is 25.7. The molecule has 1 fully saturated rings. The van der Waals surface area contributed by atoms with E-state index in [-0.39, 0.29) is 70.7 Å². The number of morpholine rings is 1. The summed E-state index contributed by atoms with van der Waals surface area (Å²) in [6, 6.07) is 11.7. The molecule has 0 bridgehead atoms. The van der Waals surface area contributed by atoms with E-state index in [0.29, 0.717) is 17.8 Å². The first kappa shape index (κ1) is 37.1. The Morgan fingerprint density at radius 3 is 2.22 bits per heavy atom. The van der Waals surface area contributed by atoms with Crippen LogP contribution in [0.1, 0.15) is 27.3 Å². The van der Waals surface area contributed by atoms with Crippen LogP contribution in [0, 0.1) is 0 Å². The van der Waals surface area contributed by atoms with E-state index in [0.717, 1.165) is 30.3 Å². The third kappa shape index (κ3) is 8.76. The molecular weight excluding hydrogens is 738 g/mol. The van der Waals surface area contributed by atoms with Gasteiger partial charge in [0.2, 0.25) is 15.9 Å². The molecule has 2 amide bonds. The Labute approximate surface area is 290 Å². The van der Waals surface area contributed by atoms with E-state index >= 15 is 0 Å². The van der Waals surface area contributed by atoms with Crippen LogP contribution in [-0.2, 0) is 38.5 Å². The Kier molecular flexibility index (Phi) is 11.1. The summed E-state index contributed by atoms with van der Waals surface area (Å²) in [5.41, 5.74) is -2.33. The molecule has 0 atom stereocenters. The van der Waals surface area contributed by atoms with Crippen LogP contribution in [0.4, 0.5) is 32.0 Å². The van der Waals surface area contributed by atoms with Gasteiger partial charge in [-0.25, -0.2) is 8.42 Å². The van der Waals surface area contributed by atoms with E-state index in [1.165, 1.54) is 39.2 Å². The lowest BCUT2D eigenvalue weighted by molar-refractivity contribution is -0.138. The summed E-state index contributed by atoms with van der Waals surface area (Å²) in [6.45, 7) is 0.529. The van der Waals surface area contributed by atoms with Crippen molar-refractivity contribution in [1.82, 2.24) is 24.4 Å². The smallest absolute Gasteiger partial charge is 0.379 e. The molecule has 0 unspecified atom stereocenters. The van der Waals surface area contributed by atoms with E-state index in [2.05, 4.69) is 20.8 Å². The molecule has 0 aliphatic carbocycles. The third-order valence-corrected chi connectivity index (χ3v) is 10.3. The second kappa shape index (κ2) is 15.0. The Morgan fingerprint density at radius 2 is 1.56 bits per heavy atom. The van der Waals surface area contributed by atoms with Gasteiger partial charge in [-0.2, -0.15) is 30.6 Å². The fraction of sp³-hybridized carbons (Fsp3) is 0.267. The molecule has 1 saturated heterocycles. The first-order valence-corrected chi connectivity index (χ1v) is 17.2. The van der Waals surface area contributed by atoms with Crippen molar-refractivity contribution in [1.29, 1.82) is 0 Å². The number of amides is 2. The van der Waals surface area contributed by atoms with E-state index in [1.54, 1.807) is 0 Å². The largest absolute Gasteiger partial charge is 0.416 e. The maximum atomic E-state index is 13.6. The Morgan fingerprint density at radius 1 is 0.900 bits per heavy atom. The van der Waals surface area contributed by atoms with Crippen molar-refractivity contribution in [3.63, 3.8) is 0 Å². The van der Waals surface area contributed by atoms with Crippen LogP contribution < -0.4 is 10.6 Å². The number of ether oxygens (including phenoxy) is 1. The van der Waals surface area contributed by atoms with Crippen LogP contribution in [0.15, 0.2) is 76.8 Å². The number of carbonyl (C=O) groups excluding carboxylic acids is 2. The molecule has 1 aliphatic rings. The van der Waals surface area contributed by atoms with Gasteiger partial charge in [-0.05, 0) is 60.7 Å². The van der Waals surface area contributed by atoms with Crippen molar-refractivity contribution in [2.45, 2.75) is 28.9 Å². The second-order valence-electron chi connectivity index (χ2n) is 10.5. The Bertz CT molecular complexity index is 1990. The van der Waals surface area contributed by atoms with Gasteiger partial charge in [0.1, 0.15) is 0 Å². The summed E-state index contributed by atoms with van der Waals surface area (Å²) in [5, 5.41) is 12.6. The molecule has 1 aliphatic heterocycles. The van der Waals surface area contributed by atoms with Crippen LogP contribution in [0.3, 0.4) is 0 Å². The SMILES string of the molecule is O=C(CSc1nnc(CNC(=O)c2ccc(S(=O)(=O)N3CCOCC3)cc2)n1-c1cccc(C(F)(F)F)c1)Nc1cc(C(F)(F)F)ccc1Cl. The number of nitrogens with zero attached hydrogens (tertiary/aromatic N) is 4. The number of carbonyl (C=O) groups is 2. The van der Waals surface area contributed by atoms with Gasteiger partial charge >= 0.3 is 12.4 Å².